The van der Waals surface area contributed by atoms with E-state index in [0.29, 0.717) is 15.8 Å². The Morgan fingerprint density at radius 3 is 3.09 bits per heavy atom. The third-order valence-electron chi connectivity index (χ3n) is 1.27. The van der Waals surface area contributed by atoms with Crippen LogP contribution >= 0.6 is 22.6 Å². The number of furan rings is 1. The van der Waals surface area contributed by atoms with Gasteiger partial charge in [0.15, 0.2) is 0 Å². The van der Waals surface area contributed by atoms with Crippen LogP contribution in [0.4, 0.5) is 0 Å². The Kier molecular flexibility index (Phi) is 2.92. The molecule has 0 aliphatic carbocycles. The van der Waals surface area contributed by atoms with Gasteiger partial charge in [-0.3, -0.25) is 0 Å². The number of hydrogen-bond acceptors (Lipinski definition) is 3. The molecule has 0 saturated heterocycles. The first-order chi connectivity index (χ1) is 5.29. The van der Waals surface area contributed by atoms with Gasteiger partial charge in [0.2, 0.25) is 0 Å². The van der Waals surface area contributed by atoms with Gasteiger partial charge in [-0.15, -0.1) is 0 Å². The second-order valence-electron chi connectivity index (χ2n) is 1.88. The van der Waals surface area contributed by atoms with Crippen LogP contribution in [0.25, 0.3) is 0 Å². The number of halogens is 1. The molecule has 4 heteroatoms. The minimum Gasteiger partial charge on any atom is -0.468 e. The second kappa shape index (κ2) is 3.75. The van der Waals surface area contributed by atoms with Gasteiger partial charge >= 0.3 is 5.97 Å². The standard InChI is InChI=1S/C7H7IO3/c1-10-7(9)5-2-3-11-6(5)4-8/h2-3H,4H2,1H3. The number of carbonyl (C=O) groups is 1. The highest BCUT2D eigenvalue weighted by atomic mass is 127. The van der Waals surface area contributed by atoms with Crippen molar-refractivity contribution in [3.05, 3.63) is 23.7 Å². The van der Waals surface area contributed by atoms with Gasteiger partial charge in [0.25, 0.3) is 0 Å². The van der Waals surface area contributed by atoms with E-state index >= 15 is 0 Å². The van der Waals surface area contributed by atoms with E-state index in [9.17, 15) is 4.79 Å². The molecule has 11 heavy (non-hydrogen) atoms. The summed E-state index contributed by atoms with van der Waals surface area (Å²) in [5, 5.41) is 0. The predicted octanol–water partition coefficient (Wildman–Crippen LogP) is 2.00. The molecule has 0 radical (unpaired) electrons. The van der Waals surface area contributed by atoms with Crippen molar-refractivity contribution in [2.75, 3.05) is 7.11 Å². The lowest BCUT2D eigenvalue weighted by molar-refractivity contribution is 0.0599. The van der Waals surface area contributed by atoms with Crippen LogP contribution in [0.15, 0.2) is 16.7 Å². The van der Waals surface area contributed by atoms with Crippen LogP contribution in [-0.4, -0.2) is 13.1 Å². The Labute approximate surface area is 77.9 Å². The number of rotatable bonds is 2. The summed E-state index contributed by atoms with van der Waals surface area (Å²) < 4.78 is 10.2. The fourth-order valence-corrected chi connectivity index (χ4v) is 1.33. The summed E-state index contributed by atoms with van der Waals surface area (Å²) in [5.41, 5.74) is 0.516. The lowest BCUT2D eigenvalue weighted by atomic mass is 10.3. The Hall–Kier alpha value is -0.520. The van der Waals surface area contributed by atoms with E-state index in [2.05, 4.69) is 27.3 Å². The van der Waals surface area contributed by atoms with E-state index in [0.717, 1.165) is 0 Å². The molecule has 0 aromatic carbocycles. The Balaban J connectivity index is 2.92. The molecule has 0 amide bonds. The predicted molar refractivity (Wildman–Crippen MR) is 47.8 cm³/mol. The zero-order valence-electron chi connectivity index (χ0n) is 5.96. The van der Waals surface area contributed by atoms with Gasteiger partial charge in [-0.05, 0) is 6.07 Å². The molecule has 0 atom stereocenters. The Morgan fingerprint density at radius 2 is 2.55 bits per heavy atom. The summed E-state index contributed by atoms with van der Waals surface area (Å²) in [4.78, 5) is 11.0. The van der Waals surface area contributed by atoms with Crippen molar-refractivity contribution in [2.45, 2.75) is 4.43 Å². The third kappa shape index (κ3) is 1.74. The van der Waals surface area contributed by atoms with Crippen LogP contribution in [0.2, 0.25) is 0 Å². The summed E-state index contributed by atoms with van der Waals surface area (Å²) in [6.07, 6.45) is 1.49. The molecule has 1 aromatic heterocycles. The molecule has 1 rings (SSSR count). The SMILES string of the molecule is COC(=O)c1ccoc1CI. The maximum atomic E-state index is 11.0. The second-order valence-corrected chi connectivity index (χ2v) is 2.65. The van der Waals surface area contributed by atoms with Crippen LogP contribution in [0, 0.1) is 0 Å². The van der Waals surface area contributed by atoms with Gasteiger partial charge in [-0.1, -0.05) is 22.6 Å². The number of ether oxygens (including phenoxy) is 1. The van der Waals surface area contributed by atoms with Crippen molar-refractivity contribution < 1.29 is 13.9 Å². The highest BCUT2D eigenvalue weighted by Crippen LogP contribution is 2.14. The molecule has 0 spiro atoms. The number of methoxy groups -OCH3 is 1. The number of alkyl halides is 1. The minimum absolute atomic E-state index is 0.342. The average Bonchev–Trinajstić information content (AvgIpc) is 2.50. The molecule has 0 unspecified atom stereocenters. The zero-order valence-corrected chi connectivity index (χ0v) is 8.12. The molecule has 0 fully saturated rings. The van der Waals surface area contributed by atoms with Crippen LogP contribution in [0.3, 0.4) is 0 Å². The fourth-order valence-electron chi connectivity index (χ4n) is 0.736. The van der Waals surface area contributed by atoms with Gasteiger partial charge < -0.3 is 9.15 Å². The van der Waals surface area contributed by atoms with E-state index in [1.54, 1.807) is 6.07 Å². The van der Waals surface area contributed by atoms with Gasteiger partial charge in [-0.25, -0.2) is 4.79 Å². The monoisotopic (exact) mass is 266 g/mol. The molecule has 1 heterocycles. The van der Waals surface area contributed by atoms with Gasteiger partial charge in [0, 0.05) is 0 Å². The van der Waals surface area contributed by atoms with Crippen LogP contribution in [0.1, 0.15) is 16.1 Å². The topological polar surface area (TPSA) is 39.4 Å². The first kappa shape index (κ1) is 8.58. The summed E-state index contributed by atoms with van der Waals surface area (Å²) in [7, 11) is 1.35. The molecule has 0 bridgehead atoms. The van der Waals surface area contributed by atoms with Crippen LogP contribution in [0.5, 0.6) is 0 Å². The molecule has 0 aliphatic rings. The van der Waals surface area contributed by atoms with E-state index in [1.807, 2.05) is 0 Å². The molecule has 0 aliphatic heterocycles. The number of carbonyl (C=O) groups excluding carboxylic acids is 1. The maximum absolute atomic E-state index is 11.0. The fraction of sp³-hybridized carbons (Fsp3) is 0.286. The van der Waals surface area contributed by atoms with Crippen molar-refractivity contribution in [3.8, 4) is 0 Å². The van der Waals surface area contributed by atoms with Crippen molar-refractivity contribution >= 4 is 28.6 Å². The lowest BCUT2D eigenvalue weighted by Gasteiger charge is -1.95. The van der Waals surface area contributed by atoms with Crippen molar-refractivity contribution in [1.82, 2.24) is 0 Å². The maximum Gasteiger partial charge on any atom is 0.341 e. The molecule has 0 saturated carbocycles. The molecule has 0 N–H and O–H groups in total. The normalized spacial score (nSPS) is 9.64. The Bertz CT molecular complexity index is 254. The molecule has 60 valence electrons. The highest BCUT2D eigenvalue weighted by molar-refractivity contribution is 14.1. The van der Waals surface area contributed by atoms with Crippen LogP contribution < -0.4 is 0 Å². The van der Waals surface area contributed by atoms with E-state index in [-0.39, 0.29) is 5.97 Å². The Morgan fingerprint density at radius 1 is 1.82 bits per heavy atom. The minimum atomic E-state index is -0.342. The molecule has 3 nitrogen and oxygen atoms in total. The molecular formula is C7H7IO3. The number of esters is 1. The first-order valence-corrected chi connectivity index (χ1v) is 4.52. The summed E-state index contributed by atoms with van der Waals surface area (Å²) in [5.74, 6) is 0.322. The van der Waals surface area contributed by atoms with E-state index < -0.39 is 0 Å². The van der Waals surface area contributed by atoms with Gasteiger partial charge in [0.05, 0.1) is 17.8 Å². The van der Waals surface area contributed by atoms with Gasteiger partial charge in [0.1, 0.15) is 11.3 Å². The summed E-state index contributed by atoms with van der Waals surface area (Å²) >= 11 is 2.12. The quantitative estimate of drug-likeness (QED) is 0.467. The summed E-state index contributed by atoms with van der Waals surface area (Å²) in [6.45, 7) is 0. The lowest BCUT2D eigenvalue weighted by Crippen LogP contribution is -2.01. The molecule has 1 aromatic rings. The number of hydrogen-bond donors (Lipinski definition) is 0. The third-order valence-corrected chi connectivity index (χ3v) is 1.96. The summed E-state index contributed by atoms with van der Waals surface area (Å²) in [6, 6.07) is 1.61. The first-order valence-electron chi connectivity index (χ1n) is 3.00. The van der Waals surface area contributed by atoms with Crippen molar-refractivity contribution in [3.63, 3.8) is 0 Å². The largest absolute Gasteiger partial charge is 0.468 e. The van der Waals surface area contributed by atoms with Crippen LogP contribution in [-0.2, 0) is 9.16 Å². The zero-order chi connectivity index (χ0) is 8.27. The van der Waals surface area contributed by atoms with Crippen molar-refractivity contribution in [2.24, 2.45) is 0 Å². The highest BCUT2D eigenvalue weighted by Gasteiger charge is 2.12. The average molecular weight is 266 g/mol. The molecular weight excluding hydrogens is 259 g/mol. The van der Waals surface area contributed by atoms with E-state index in [4.69, 9.17) is 4.42 Å². The smallest absolute Gasteiger partial charge is 0.341 e. The van der Waals surface area contributed by atoms with Gasteiger partial charge in [-0.2, -0.15) is 0 Å². The van der Waals surface area contributed by atoms with E-state index in [1.165, 1.54) is 13.4 Å². The van der Waals surface area contributed by atoms with Crippen molar-refractivity contribution in [1.29, 1.82) is 0 Å².